The highest BCUT2D eigenvalue weighted by molar-refractivity contribution is 5.34. The van der Waals surface area contributed by atoms with E-state index in [2.05, 4.69) is 5.32 Å². The molecule has 1 saturated heterocycles. The molecule has 1 aliphatic rings. The van der Waals surface area contributed by atoms with Crippen LogP contribution in [0.3, 0.4) is 0 Å². The molecule has 1 aromatic rings. The van der Waals surface area contributed by atoms with Gasteiger partial charge in [-0.15, -0.1) is 0 Å². The fourth-order valence-corrected chi connectivity index (χ4v) is 2.06. The zero-order valence-corrected chi connectivity index (χ0v) is 8.18. The van der Waals surface area contributed by atoms with Gasteiger partial charge in [-0.3, -0.25) is 0 Å². The number of halogens is 1. The second-order valence-corrected chi connectivity index (χ2v) is 4.03. The zero-order valence-electron chi connectivity index (χ0n) is 8.18. The van der Waals surface area contributed by atoms with Crippen LogP contribution in [0.4, 0.5) is 4.39 Å². The summed E-state index contributed by atoms with van der Waals surface area (Å²) in [5, 5.41) is 12.6. The smallest absolute Gasteiger partial charge is 0.128 e. The Morgan fingerprint density at radius 3 is 2.93 bits per heavy atom. The van der Waals surface area contributed by atoms with Crippen LogP contribution in [0.15, 0.2) is 18.2 Å². The van der Waals surface area contributed by atoms with Crippen molar-refractivity contribution in [3.8, 4) is 5.75 Å². The summed E-state index contributed by atoms with van der Waals surface area (Å²) in [6, 6.07) is 4.20. The van der Waals surface area contributed by atoms with Gasteiger partial charge in [0.15, 0.2) is 0 Å². The number of phenols is 1. The van der Waals surface area contributed by atoms with E-state index in [9.17, 15) is 9.50 Å². The number of aromatic hydroxyl groups is 1. The normalized spacial score (nSPS) is 26.7. The summed E-state index contributed by atoms with van der Waals surface area (Å²) in [4.78, 5) is 0. The lowest BCUT2D eigenvalue weighted by Crippen LogP contribution is -2.34. The number of hydrogen-bond acceptors (Lipinski definition) is 2. The van der Waals surface area contributed by atoms with E-state index >= 15 is 0 Å². The van der Waals surface area contributed by atoms with Crippen LogP contribution in [0, 0.1) is 5.82 Å². The third-order valence-corrected chi connectivity index (χ3v) is 2.91. The van der Waals surface area contributed by atoms with Gasteiger partial charge >= 0.3 is 0 Å². The SMILES string of the molecule is CC1(c2cc(O)ccc2F)CCCN1. The van der Waals surface area contributed by atoms with Crippen LogP contribution in [0.1, 0.15) is 25.3 Å². The predicted molar refractivity (Wildman–Crippen MR) is 52.7 cm³/mol. The molecule has 1 unspecified atom stereocenters. The Kier molecular flexibility index (Phi) is 2.19. The molecule has 76 valence electrons. The van der Waals surface area contributed by atoms with E-state index in [-0.39, 0.29) is 17.1 Å². The van der Waals surface area contributed by atoms with Crippen molar-refractivity contribution in [2.24, 2.45) is 0 Å². The van der Waals surface area contributed by atoms with Gasteiger partial charge in [-0.1, -0.05) is 0 Å². The van der Waals surface area contributed by atoms with Gasteiger partial charge < -0.3 is 10.4 Å². The fraction of sp³-hybridized carbons (Fsp3) is 0.455. The minimum absolute atomic E-state index is 0.122. The lowest BCUT2D eigenvalue weighted by atomic mass is 9.90. The molecule has 0 radical (unpaired) electrons. The van der Waals surface area contributed by atoms with E-state index in [0.29, 0.717) is 5.56 Å². The molecule has 1 aromatic carbocycles. The molecule has 0 spiro atoms. The van der Waals surface area contributed by atoms with Crippen molar-refractivity contribution in [1.29, 1.82) is 0 Å². The summed E-state index contributed by atoms with van der Waals surface area (Å²) >= 11 is 0. The molecule has 3 heteroatoms. The first kappa shape index (κ1) is 9.46. The molecule has 0 aromatic heterocycles. The first-order valence-corrected chi connectivity index (χ1v) is 4.86. The molecule has 0 saturated carbocycles. The zero-order chi connectivity index (χ0) is 10.2. The second-order valence-electron chi connectivity index (χ2n) is 4.03. The highest BCUT2D eigenvalue weighted by atomic mass is 19.1. The topological polar surface area (TPSA) is 32.3 Å². The lowest BCUT2D eigenvalue weighted by molar-refractivity contribution is 0.403. The Bertz CT molecular complexity index is 345. The summed E-state index contributed by atoms with van der Waals surface area (Å²) < 4.78 is 13.5. The van der Waals surface area contributed by atoms with Crippen LogP contribution in [0.5, 0.6) is 5.75 Å². The van der Waals surface area contributed by atoms with Crippen molar-refractivity contribution in [1.82, 2.24) is 5.32 Å². The van der Waals surface area contributed by atoms with Crippen LogP contribution in [0.25, 0.3) is 0 Å². The van der Waals surface area contributed by atoms with E-state index in [0.717, 1.165) is 19.4 Å². The number of rotatable bonds is 1. The molecule has 0 bridgehead atoms. The number of phenolic OH excluding ortho intramolecular Hbond substituents is 1. The van der Waals surface area contributed by atoms with Crippen molar-refractivity contribution in [2.45, 2.75) is 25.3 Å². The molecule has 14 heavy (non-hydrogen) atoms. The Morgan fingerprint density at radius 2 is 2.29 bits per heavy atom. The number of hydrogen-bond donors (Lipinski definition) is 2. The van der Waals surface area contributed by atoms with Crippen LogP contribution in [0.2, 0.25) is 0 Å². The summed E-state index contributed by atoms with van der Waals surface area (Å²) in [6.07, 6.45) is 1.96. The third-order valence-electron chi connectivity index (χ3n) is 2.91. The maximum atomic E-state index is 13.5. The summed E-state index contributed by atoms with van der Waals surface area (Å²) in [5.74, 6) is -0.129. The molecule has 1 fully saturated rings. The number of benzene rings is 1. The van der Waals surface area contributed by atoms with Crippen molar-refractivity contribution < 1.29 is 9.50 Å². The average molecular weight is 195 g/mol. The quantitative estimate of drug-likeness (QED) is 0.719. The van der Waals surface area contributed by atoms with Crippen LogP contribution >= 0.6 is 0 Å². The fourth-order valence-electron chi connectivity index (χ4n) is 2.06. The Morgan fingerprint density at radius 1 is 1.50 bits per heavy atom. The van der Waals surface area contributed by atoms with Gasteiger partial charge in [0, 0.05) is 11.1 Å². The minimum atomic E-state index is -0.317. The van der Waals surface area contributed by atoms with Crippen molar-refractivity contribution in [3.63, 3.8) is 0 Å². The largest absolute Gasteiger partial charge is 0.508 e. The third kappa shape index (κ3) is 1.48. The van der Waals surface area contributed by atoms with E-state index in [1.54, 1.807) is 0 Å². The molecule has 2 rings (SSSR count). The lowest BCUT2D eigenvalue weighted by Gasteiger charge is -2.25. The summed E-state index contributed by atoms with van der Waals surface area (Å²) in [7, 11) is 0. The van der Waals surface area contributed by atoms with Gasteiger partial charge in [0.2, 0.25) is 0 Å². The monoisotopic (exact) mass is 195 g/mol. The first-order valence-electron chi connectivity index (χ1n) is 4.86. The highest BCUT2D eigenvalue weighted by Gasteiger charge is 2.32. The molecule has 0 aliphatic carbocycles. The van der Waals surface area contributed by atoms with Crippen molar-refractivity contribution in [3.05, 3.63) is 29.6 Å². The second kappa shape index (κ2) is 3.24. The van der Waals surface area contributed by atoms with Gasteiger partial charge in [-0.25, -0.2) is 4.39 Å². The first-order chi connectivity index (χ1) is 6.62. The van der Waals surface area contributed by atoms with Crippen molar-refractivity contribution in [2.75, 3.05) is 6.54 Å². The van der Waals surface area contributed by atoms with Gasteiger partial charge in [0.1, 0.15) is 11.6 Å². The van der Waals surface area contributed by atoms with E-state index in [1.165, 1.54) is 18.2 Å². The standard InChI is InChI=1S/C11H14FNO/c1-11(5-2-6-13-11)9-7-8(14)3-4-10(9)12/h3-4,7,13-14H,2,5-6H2,1H3. The molecule has 2 nitrogen and oxygen atoms in total. The summed E-state index contributed by atoms with van der Waals surface area (Å²) in [5.41, 5.74) is 0.248. The minimum Gasteiger partial charge on any atom is -0.508 e. The van der Waals surface area contributed by atoms with Gasteiger partial charge in [-0.2, -0.15) is 0 Å². The summed E-state index contributed by atoms with van der Waals surface area (Å²) in [6.45, 7) is 2.88. The molecule has 1 heterocycles. The Hall–Kier alpha value is -1.09. The van der Waals surface area contributed by atoms with Gasteiger partial charge in [0.25, 0.3) is 0 Å². The Labute approximate surface area is 82.8 Å². The molecule has 2 N–H and O–H groups in total. The molecule has 1 atom stereocenters. The maximum Gasteiger partial charge on any atom is 0.128 e. The van der Waals surface area contributed by atoms with Crippen LogP contribution < -0.4 is 5.32 Å². The predicted octanol–water partition coefficient (Wildman–Crippen LogP) is 2.13. The molecule has 0 amide bonds. The maximum absolute atomic E-state index is 13.5. The van der Waals surface area contributed by atoms with Gasteiger partial charge in [0.05, 0.1) is 0 Å². The highest BCUT2D eigenvalue weighted by Crippen LogP contribution is 2.33. The van der Waals surface area contributed by atoms with Crippen LogP contribution in [-0.4, -0.2) is 11.7 Å². The van der Waals surface area contributed by atoms with Crippen molar-refractivity contribution >= 4 is 0 Å². The van der Waals surface area contributed by atoms with Crippen LogP contribution in [-0.2, 0) is 5.54 Å². The molecular formula is C11H14FNO. The molecular weight excluding hydrogens is 181 g/mol. The Balaban J connectivity index is 2.44. The van der Waals surface area contributed by atoms with E-state index in [4.69, 9.17) is 0 Å². The van der Waals surface area contributed by atoms with E-state index in [1.807, 2.05) is 6.92 Å². The molecule has 1 aliphatic heterocycles. The van der Waals surface area contributed by atoms with E-state index < -0.39 is 0 Å². The number of nitrogens with one attached hydrogen (secondary N) is 1. The van der Waals surface area contributed by atoms with Gasteiger partial charge in [-0.05, 0) is 44.5 Å². The average Bonchev–Trinajstić information content (AvgIpc) is 2.58.